The second-order valence-electron chi connectivity index (χ2n) is 5.33. The second-order valence-corrected chi connectivity index (χ2v) is 5.33. The lowest BCUT2D eigenvalue weighted by Crippen LogP contribution is -2.06. The average molecular weight is 283 g/mol. The standard InChI is InChI=1S/C17H17NO3/c1-5-6-11-15-10(4)14-8(2)9(3)17(19)21-12(14)7-13(15)20-16(11)18/h5,7H,1,6,18H2,2-4H3. The normalized spacial score (nSPS) is 11.4. The van der Waals surface area contributed by atoms with Crippen molar-refractivity contribution in [3.63, 3.8) is 0 Å². The van der Waals surface area contributed by atoms with Crippen LogP contribution in [0.3, 0.4) is 0 Å². The van der Waals surface area contributed by atoms with Crippen LogP contribution in [0.1, 0.15) is 22.3 Å². The fourth-order valence-corrected chi connectivity index (χ4v) is 2.93. The van der Waals surface area contributed by atoms with Crippen LogP contribution in [0.5, 0.6) is 0 Å². The first-order chi connectivity index (χ1) is 9.95. The largest absolute Gasteiger partial charge is 0.441 e. The van der Waals surface area contributed by atoms with E-state index < -0.39 is 0 Å². The predicted octanol–water partition coefficient (Wildman–Crippen LogP) is 3.78. The first-order valence-corrected chi connectivity index (χ1v) is 6.81. The molecule has 21 heavy (non-hydrogen) atoms. The number of fused-ring (bicyclic) bond motifs is 2. The molecule has 4 heteroatoms. The maximum atomic E-state index is 11.8. The SMILES string of the molecule is C=CCc1c(N)oc2cc3oc(=O)c(C)c(C)c3c(C)c12. The Morgan fingerprint density at radius 3 is 2.43 bits per heavy atom. The van der Waals surface area contributed by atoms with Gasteiger partial charge in [-0.05, 0) is 38.3 Å². The van der Waals surface area contributed by atoms with E-state index in [2.05, 4.69) is 6.58 Å². The molecule has 4 nitrogen and oxygen atoms in total. The van der Waals surface area contributed by atoms with Crippen molar-refractivity contribution in [3.8, 4) is 0 Å². The van der Waals surface area contributed by atoms with Crippen LogP contribution in [0.2, 0.25) is 0 Å². The molecule has 108 valence electrons. The van der Waals surface area contributed by atoms with Crippen molar-refractivity contribution in [2.45, 2.75) is 27.2 Å². The summed E-state index contributed by atoms with van der Waals surface area (Å²) in [5.41, 5.74) is 10.3. The molecule has 0 bridgehead atoms. The van der Waals surface area contributed by atoms with Gasteiger partial charge in [-0.2, -0.15) is 0 Å². The summed E-state index contributed by atoms with van der Waals surface area (Å²) in [6.07, 6.45) is 2.44. The number of aryl methyl sites for hydroxylation is 2. The Balaban J connectivity index is 2.57. The van der Waals surface area contributed by atoms with Crippen LogP contribution >= 0.6 is 0 Å². The highest BCUT2D eigenvalue weighted by molar-refractivity contribution is 6.02. The number of hydrogen-bond donors (Lipinski definition) is 1. The number of benzene rings is 1. The van der Waals surface area contributed by atoms with Crippen LogP contribution in [-0.4, -0.2) is 0 Å². The summed E-state index contributed by atoms with van der Waals surface area (Å²) in [6.45, 7) is 9.47. The summed E-state index contributed by atoms with van der Waals surface area (Å²) in [5.74, 6) is 0.389. The minimum absolute atomic E-state index is 0.315. The molecule has 0 radical (unpaired) electrons. The van der Waals surface area contributed by atoms with Gasteiger partial charge in [0.2, 0.25) is 0 Å². The summed E-state index contributed by atoms with van der Waals surface area (Å²) in [7, 11) is 0. The minimum Gasteiger partial charge on any atom is -0.441 e. The van der Waals surface area contributed by atoms with Crippen LogP contribution in [0.25, 0.3) is 21.9 Å². The Labute approximate surface area is 121 Å². The molecule has 2 N–H and O–H groups in total. The molecule has 2 heterocycles. The molecular formula is C17H17NO3. The summed E-state index contributed by atoms with van der Waals surface area (Å²) in [4.78, 5) is 11.8. The van der Waals surface area contributed by atoms with Gasteiger partial charge in [0.15, 0.2) is 5.88 Å². The monoisotopic (exact) mass is 283 g/mol. The van der Waals surface area contributed by atoms with Crippen molar-refractivity contribution < 1.29 is 8.83 Å². The van der Waals surface area contributed by atoms with Crippen LogP contribution in [-0.2, 0) is 6.42 Å². The molecule has 0 spiro atoms. The third-order valence-electron chi connectivity index (χ3n) is 4.12. The van der Waals surface area contributed by atoms with Crippen molar-refractivity contribution in [1.82, 2.24) is 0 Å². The average Bonchev–Trinajstić information content (AvgIpc) is 2.73. The predicted molar refractivity (Wildman–Crippen MR) is 84.8 cm³/mol. The fourth-order valence-electron chi connectivity index (χ4n) is 2.93. The molecule has 3 rings (SSSR count). The zero-order valence-electron chi connectivity index (χ0n) is 12.4. The van der Waals surface area contributed by atoms with E-state index >= 15 is 0 Å². The van der Waals surface area contributed by atoms with Crippen LogP contribution in [0.4, 0.5) is 5.88 Å². The number of nitrogens with two attached hydrogens (primary N) is 1. The molecule has 1 aromatic carbocycles. The van der Waals surface area contributed by atoms with Crippen molar-refractivity contribution in [2.24, 2.45) is 0 Å². The first kappa shape index (κ1) is 13.5. The van der Waals surface area contributed by atoms with E-state index in [0.29, 0.717) is 29.0 Å². The Morgan fingerprint density at radius 2 is 1.76 bits per heavy atom. The minimum atomic E-state index is -0.315. The Morgan fingerprint density at radius 1 is 1.10 bits per heavy atom. The zero-order chi connectivity index (χ0) is 15.3. The van der Waals surface area contributed by atoms with Crippen molar-refractivity contribution in [3.05, 3.63) is 51.4 Å². The maximum absolute atomic E-state index is 11.8. The van der Waals surface area contributed by atoms with Crippen LogP contribution in [0, 0.1) is 20.8 Å². The lowest BCUT2D eigenvalue weighted by molar-refractivity contribution is 0.552. The fraction of sp³-hybridized carbons (Fsp3) is 0.235. The molecule has 3 aromatic rings. The number of allylic oxidation sites excluding steroid dienone is 1. The van der Waals surface area contributed by atoms with Crippen LogP contribution in [0.15, 0.2) is 32.4 Å². The Bertz CT molecular complexity index is 944. The van der Waals surface area contributed by atoms with E-state index in [1.165, 1.54) is 0 Å². The smallest absolute Gasteiger partial charge is 0.339 e. The third kappa shape index (κ3) is 1.79. The van der Waals surface area contributed by atoms with E-state index in [1.807, 2.05) is 13.8 Å². The van der Waals surface area contributed by atoms with Gasteiger partial charge in [-0.3, -0.25) is 0 Å². The van der Waals surface area contributed by atoms with Gasteiger partial charge in [0.05, 0.1) is 0 Å². The molecule has 0 unspecified atom stereocenters. The number of rotatable bonds is 2. The molecule has 0 saturated carbocycles. The number of anilines is 1. The summed E-state index contributed by atoms with van der Waals surface area (Å²) in [6, 6.07) is 1.74. The highest BCUT2D eigenvalue weighted by Crippen LogP contribution is 2.36. The number of hydrogen-bond acceptors (Lipinski definition) is 4. The van der Waals surface area contributed by atoms with E-state index in [0.717, 1.165) is 27.5 Å². The quantitative estimate of drug-likeness (QED) is 0.574. The van der Waals surface area contributed by atoms with Gasteiger partial charge >= 0.3 is 5.63 Å². The molecule has 0 aliphatic carbocycles. The van der Waals surface area contributed by atoms with Crippen molar-refractivity contribution >= 4 is 27.8 Å². The zero-order valence-corrected chi connectivity index (χ0v) is 12.4. The molecule has 0 aliphatic heterocycles. The van der Waals surface area contributed by atoms with Gasteiger partial charge in [-0.15, -0.1) is 6.58 Å². The molecule has 0 fully saturated rings. The summed E-state index contributed by atoms with van der Waals surface area (Å²) < 4.78 is 11.0. The van der Waals surface area contributed by atoms with Gasteiger partial charge < -0.3 is 14.6 Å². The molecule has 0 saturated heterocycles. The maximum Gasteiger partial charge on any atom is 0.339 e. The van der Waals surface area contributed by atoms with Crippen molar-refractivity contribution in [1.29, 1.82) is 0 Å². The van der Waals surface area contributed by atoms with Crippen LogP contribution < -0.4 is 11.4 Å². The number of furan rings is 1. The van der Waals surface area contributed by atoms with E-state index in [-0.39, 0.29) is 5.63 Å². The summed E-state index contributed by atoms with van der Waals surface area (Å²) in [5, 5.41) is 1.93. The molecular weight excluding hydrogens is 266 g/mol. The van der Waals surface area contributed by atoms with Gasteiger partial charge in [-0.1, -0.05) is 6.08 Å². The van der Waals surface area contributed by atoms with Gasteiger partial charge in [0, 0.05) is 28.0 Å². The highest BCUT2D eigenvalue weighted by Gasteiger charge is 2.18. The topological polar surface area (TPSA) is 69.4 Å². The lowest BCUT2D eigenvalue weighted by Gasteiger charge is -2.08. The highest BCUT2D eigenvalue weighted by atomic mass is 16.4. The third-order valence-corrected chi connectivity index (χ3v) is 4.12. The molecule has 0 atom stereocenters. The Kier molecular flexibility index (Phi) is 2.90. The molecule has 0 aliphatic rings. The number of nitrogen functional groups attached to an aromatic ring is 1. The summed E-state index contributed by atoms with van der Waals surface area (Å²) >= 11 is 0. The Hall–Kier alpha value is -2.49. The molecule has 0 amide bonds. The van der Waals surface area contributed by atoms with Crippen molar-refractivity contribution in [2.75, 3.05) is 5.73 Å². The van der Waals surface area contributed by atoms with E-state index in [9.17, 15) is 4.79 Å². The first-order valence-electron chi connectivity index (χ1n) is 6.81. The van der Waals surface area contributed by atoms with E-state index in [1.54, 1.807) is 19.1 Å². The van der Waals surface area contributed by atoms with E-state index in [4.69, 9.17) is 14.6 Å². The van der Waals surface area contributed by atoms with Gasteiger partial charge in [-0.25, -0.2) is 4.79 Å². The lowest BCUT2D eigenvalue weighted by atomic mass is 9.97. The van der Waals surface area contributed by atoms with Gasteiger partial charge in [0.1, 0.15) is 11.2 Å². The van der Waals surface area contributed by atoms with Gasteiger partial charge in [0.25, 0.3) is 0 Å². The second kappa shape index (κ2) is 4.52. The molecule has 2 aromatic heterocycles.